The molecule has 2 amide bonds. The summed E-state index contributed by atoms with van der Waals surface area (Å²) in [5.74, 6) is 0.836. The van der Waals surface area contributed by atoms with Crippen molar-refractivity contribution < 1.29 is 9.59 Å². The van der Waals surface area contributed by atoms with Crippen LogP contribution in [0.1, 0.15) is 32.1 Å². The topological polar surface area (TPSA) is 52.7 Å². The third-order valence-electron chi connectivity index (χ3n) is 4.44. The molecule has 2 aliphatic heterocycles. The average molecular weight is 265 g/mol. The molecule has 19 heavy (non-hydrogen) atoms. The van der Waals surface area contributed by atoms with Gasteiger partial charge in [0.2, 0.25) is 11.8 Å². The van der Waals surface area contributed by atoms with Crippen LogP contribution in [-0.4, -0.2) is 60.4 Å². The summed E-state index contributed by atoms with van der Waals surface area (Å²) in [5.41, 5.74) is 0. The summed E-state index contributed by atoms with van der Waals surface area (Å²) in [4.78, 5) is 28.2. The monoisotopic (exact) mass is 265 g/mol. The van der Waals surface area contributed by atoms with Crippen molar-refractivity contribution in [1.29, 1.82) is 0 Å². The highest BCUT2D eigenvalue weighted by molar-refractivity contribution is 5.83. The summed E-state index contributed by atoms with van der Waals surface area (Å²) >= 11 is 0. The number of hydrogen-bond donors (Lipinski definition) is 1. The molecule has 0 aromatic rings. The van der Waals surface area contributed by atoms with E-state index in [2.05, 4.69) is 5.32 Å². The number of piperidine rings is 1. The van der Waals surface area contributed by atoms with E-state index >= 15 is 0 Å². The van der Waals surface area contributed by atoms with E-state index < -0.39 is 0 Å². The Bertz CT molecular complexity index is 354. The van der Waals surface area contributed by atoms with E-state index in [1.54, 1.807) is 0 Å². The largest absolute Gasteiger partial charge is 0.339 e. The third-order valence-corrected chi connectivity index (χ3v) is 4.44. The number of rotatable bonds is 2. The quantitative estimate of drug-likeness (QED) is 0.776. The summed E-state index contributed by atoms with van der Waals surface area (Å²) < 4.78 is 0. The molecule has 106 valence electrons. The predicted molar refractivity (Wildman–Crippen MR) is 71.5 cm³/mol. The first-order valence-electron chi connectivity index (χ1n) is 7.56. The van der Waals surface area contributed by atoms with Crippen molar-refractivity contribution in [3.63, 3.8) is 0 Å². The van der Waals surface area contributed by atoms with Crippen LogP contribution >= 0.6 is 0 Å². The molecule has 2 heterocycles. The molecular weight excluding hydrogens is 242 g/mol. The van der Waals surface area contributed by atoms with Gasteiger partial charge in [0.15, 0.2) is 0 Å². The van der Waals surface area contributed by atoms with Gasteiger partial charge >= 0.3 is 0 Å². The van der Waals surface area contributed by atoms with Gasteiger partial charge in [0.05, 0.1) is 6.04 Å². The van der Waals surface area contributed by atoms with Gasteiger partial charge < -0.3 is 15.1 Å². The van der Waals surface area contributed by atoms with Crippen molar-refractivity contribution in [2.75, 3.05) is 32.7 Å². The first kappa shape index (κ1) is 12.9. The first-order chi connectivity index (χ1) is 9.25. The molecule has 0 unspecified atom stereocenters. The second-order valence-corrected chi connectivity index (χ2v) is 5.93. The molecule has 5 nitrogen and oxygen atoms in total. The van der Waals surface area contributed by atoms with E-state index in [4.69, 9.17) is 0 Å². The number of hydrogen-bond acceptors (Lipinski definition) is 3. The average Bonchev–Trinajstić information content (AvgIpc) is 3.31. The molecule has 0 spiro atoms. The van der Waals surface area contributed by atoms with Crippen LogP contribution < -0.4 is 5.32 Å². The lowest BCUT2D eigenvalue weighted by molar-refractivity contribution is -0.141. The molecule has 1 saturated carbocycles. The molecule has 2 saturated heterocycles. The standard InChI is InChI=1S/C14H23N3O2/c18-13(11-4-5-11)16-7-9-17(10-8-16)14(19)12-3-1-2-6-15-12/h11-12,15H,1-10H2/t12-/m0/s1. The van der Waals surface area contributed by atoms with Crippen LogP contribution in [-0.2, 0) is 9.59 Å². The maximum absolute atomic E-state index is 12.3. The SMILES string of the molecule is O=C(C1CC1)N1CCN(C(=O)[C@@H]2CCCCN2)CC1. The van der Waals surface area contributed by atoms with E-state index in [0.29, 0.717) is 38.0 Å². The number of carbonyl (C=O) groups is 2. The highest BCUT2D eigenvalue weighted by atomic mass is 16.2. The molecule has 3 fully saturated rings. The van der Waals surface area contributed by atoms with Crippen LogP contribution in [0.15, 0.2) is 0 Å². The second kappa shape index (κ2) is 5.49. The van der Waals surface area contributed by atoms with Crippen LogP contribution in [0.3, 0.4) is 0 Å². The third kappa shape index (κ3) is 2.91. The molecule has 3 rings (SSSR count). The predicted octanol–water partition coefficient (Wildman–Crippen LogP) is 0.209. The number of nitrogens with one attached hydrogen (secondary N) is 1. The van der Waals surface area contributed by atoms with Gasteiger partial charge in [-0.15, -0.1) is 0 Å². The molecule has 0 aromatic carbocycles. The zero-order valence-corrected chi connectivity index (χ0v) is 11.4. The van der Waals surface area contributed by atoms with Crippen molar-refractivity contribution in [3.8, 4) is 0 Å². The molecule has 1 atom stereocenters. The van der Waals surface area contributed by atoms with Crippen molar-refractivity contribution in [1.82, 2.24) is 15.1 Å². The Morgan fingerprint density at radius 3 is 2.00 bits per heavy atom. The van der Waals surface area contributed by atoms with Crippen LogP contribution in [0.4, 0.5) is 0 Å². The zero-order valence-electron chi connectivity index (χ0n) is 11.4. The van der Waals surface area contributed by atoms with Crippen LogP contribution in [0.25, 0.3) is 0 Å². The minimum Gasteiger partial charge on any atom is -0.339 e. The molecule has 3 aliphatic rings. The lowest BCUT2D eigenvalue weighted by Crippen LogP contribution is -2.56. The molecule has 5 heteroatoms. The van der Waals surface area contributed by atoms with E-state index in [-0.39, 0.29) is 11.9 Å². The Morgan fingerprint density at radius 2 is 1.47 bits per heavy atom. The van der Waals surface area contributed by atoms with Gasteiger partial charge in [-0.1, -0.05) is 6.42 Å². The molecule has 0 aromatic heterocycles. The first-order valence-corrected chi connectivity index (χ1v) is 7.56. The molecule has 1 aliphatic carbocycles. The van der Waals surface area contributed by atoms with E-state index in [1.807, 2.05) is 9.80 Å². The van der Waals surface area contributed by atoms with Crippen molar-refractivity contribution in [2.45, 2.75) is 38.1 Å². The van der Waals surface area contributed by atoms with Crippen molar-refractivity contribution in [3.05, 3.63) is 0 Å². The minimum absolute atomic E-state index is 0.0134. The number of piperazine rings is 1. The number of amides is 2. The van der Waals surface area contributed by atoms with Crippen molar-refractivity contribution in [2.24, 2.45) is 5.92 Å². The lowest BCUT2D eigenvalue weighted by atomic mass is 10.0. The lowest BCUT2D eigenvalue weighted by Gasteiger charge is -2.37. The number of carbonyl (C=O) groups excluding carboxylic acids is 2. The summed E-state index contributed by atoms with van der Waals surface area (Å²) in [5, 5.41) is 3.31. The number of nitrogens with zero attached hydrogens (tertiary/aromatic N) is 2. The Kier molecular flexibility index (Phi) is 3.73. The Hall–Kier alpha value is -1.10. The molecular formula is C14H23N3O2. The summed E-state index contributed by atoms with van der Waals surface area (Å²) in [7, 11) is 0. The summed E-state index contributed by atoms with van der Waals surface area (Å²) in [6.45, 7) is 3.79. The highest BCUT2D eigenvalue weighted by Gasteiger charge is 2.36. The van der Waals surface area contributed by atoms with Gasteiger partial charge in [0.25, 0.3) is 0 Å². The van der Waals surface area contributed by atoms with Gasteiger partial charge in [-0.05, 0) is 32.2 Å². The summed E-state index contributed by atoms with van der Waals surface area (Å²) in [6.07, 6.45) is 5.39. The molecule has 1 N–H and O–H groups in total. The smallest absolute Gasteiger partial charge is 0.239 e. The molecule has 0 radical (unpaired) electrons. The van der Waals surface area contributed by atoms with E-state index in [1.165, 1.54) is 6.42 Å². The van der Waals surface area contributed by atoms with Crippen LogP contribution in [0.5, 0.6) is 0 Å². The Labute approximate surface area is 114 Å². The fourth-order valence-electron chi connectivity index (χ4n) is 3.02. The van der Waals surface area contributed by atoms with Gasteiger partial charge in [0, 0.05) is 32.1 Å². The van der Waals surface area contributed by atoms with E-state index in [0.717, 1.165) is 32.2 Å². The van der Waals surface area contributed by atoms with Gasteiger partial charge in [-0.25, -0.2) is 0 Å². The second-order valence-electron chi connectivity index (χ2n) is 5.93. The van der Waals surface area contributed by atoms with Crippen LogP contribution in [0.2, 0.25) is 0 Å². The zero-order chi connectivity index (χ0) is 13.2. The van der Waals surface area contributed by atoms with Gasteiger partial charge in [0.1, 0.15) is 0 Å². The Balaban J connectivity index is 1.48. The fourth-order valence-corrected chi connectivity index (χ4v) is 3.02. The maximum Gasteiger partial charge on any atom is 0.239 e. The minimum atomic E-state index is 0.0134. The van der Waals surface area contributed by atoms with Gasteiger partial charge in [-0.2, -0.15) is 0 Å². The maximum atomic E-state index is 12.3. The van der Waals surface area contributed by atoms with Crippen LogP contribution in [0, 0.1) is 5.92 Å². The summed E-state index contributed by atoms with van der Waals surface area (Å²) in [6, 6.07) is 0.0134. The van der Waals surface area contributed by atoms with Crippen molar-refractivity contribution >= 4 is 11.8 Å². The fraction of sp³-hybridized carbons (Fsp3) is 0.857. The Morgan fingerprint density at radius 1 is 0.842 bits per heavy atom. The van der Waals surface area contributed by atoms with E-state index in [9.17, 15) is 9.59 Å². The van der Waals surface area contributed by atoms with Gasteiger partial charge in [-0.3, -0.25) is 9.59 Å². The molecule has 0 bridgehead atoms. The highest BCUT2D eigenvalue weighted by Crippen LogP contribution is 2.31. The normalized spacial score (nSPS) is 28.3.